The molecule has 1 nitrogen and oxygen atoms in total. The summed E-state index contributed by atoms with van der Waals surface area (Å²) in [7, 11) is 0. The summed E-state index contributed by atoms with van der Waals surface area (Å²) in [5.41, 5.74) is 0. The molecule has 0 radical (unpaired) electrons. The first kappa shape index (κ1) is 15.0. The van der Waals surface area contributed by atoms with Crippen LogP contribution in [0.25, 0.3) is 0 Å². The van der Waals surface area contributed by atoms with Crippen LogP contribution in [0.2, 0.25) is 0 Å². The van der Waals surface area contributed by atoms with E-state index < -0.39 is 0 Å². The van der Waals surface area contributed by atoms with Gasteiger partial charge in [-0.05, 0) is 43.1 Å². The molecule has 1 N–H and O–H groups in total. The molecule has 0 saturated heterocycles. The minimum absolute atomic E-state index is 0.635. The second-order valence-electron chi connectivity index (χ2n) is 6.70. The molecule has 0 aromatic rings. The average molecular weight is 239 g/mol. The van der Waals surface area contributed by atoms with Gasteiger partial charge in [0.1, 0.15) is 0 Å². The van der Waals surface area contributed by atoms with Crippen LogP contribution >= 0.6 is 0 Å². The number of rotatable bonds is 6. The maximum absolute atomic E-state index is 3.65. The Morgan fingerprint density at radius 2 is 1.82 bits per heavy atom. The molecule has 0 spiro atoms. The topological polar surface area (TPSA) is 12.0 Å². The lowest BCUT2D eigenvalue weighted by Gasteiger charge is -2.39. The third-order valence-corrected chi connectivity index (χ3v) is 4.50. The third-order valence-electron chi connectivity index (χ3n) is 4.50. The Hall–Kier alpha value is -0.0400. The summed E-state index contributed by atoms with van der Waals surface area (Å²) in [6.45, 7) is 12.9. The molecule has 0 aliphatic heterocycles. The molecule has 0 amide bonds. The standard InChI is InChI=1S/C16H33N/c1-6-7-14-8-9-15(11-17-13(4)5)16(10-14)12(2)3/h12-17H,6-11H2,1-5H3. The summed E-state index contributed by atoms with van der Waals surface area (Å²) in [6, 6.07) is 0.635. The number of nitrogens with one attached hydrogen (secondary N) is 1. The van der Waals surface area contributed by atoms with Crippen molar-refractivity contribution in [1.82, 2.24) is 5.32 Å². The van der Waals surface area contributed by atoms with Gasteiger partial charge in [0.25, 0.3) is 0 Å². The zero-order chi connectivity index (χ0) is 12.8. The summed E-state index contributed by atoms with van der Waals surface area (Å²) in [6.07, 6.45) is 7.22. The maximum atomic E-state index is 3.65. The second kappa shape index (κ2) is 7.41. The second-order valence-corrected chi connectivity index (χ2v) is 6.70. The van der Waals surface area contributed by atoms with Gasteiger partial charge in [-0.3, -0.25) is 0 Å². The van der Waals surface area contributed by atoms with Crippen molar-refractivity contribution in [3.63, 3.8) is 0 Å². The first-order valence-corrected chi connectivity index (χ1v) is 7.77. The van der Waals surface area contributed by atoms with Gasteiger partial charge in [-0.1, -0.05) is 53.9 Å². The van der Waals surface area contributed by atoms with Gasteiger partial charge in [0.2, 0.25) is 0 Å². The van der Waals surface area contributed by atoms with E-state index in [4.69, 9.17) is 0 Å². The Kier molecular flexibility index (Phi) is 6.54. The van der Waals surface area contributed by atoms with E-state index in [-0.39, 0.29) is 0 Å². The highest BCUT2D eigenvalue weighted by Gasteiger charge is 2.31. The highest BCUT2D eigenvalue weighted by atomic mass is 14.9. The minimum atomic E-state index is 0.635. The van der Waals surface area contributed by atoms with Crippen LogP contribution in [-0.4, -0.2) is 12.6 Å². The van der Waals surface area contributed by atoms with Crippen molar-refractivity contribution in [2.24, 2.45) is 23.7 Å². The smallest absolute Gasteiger partial charge is 0.00104 e. The Morgan fingerprint density at radius 1 is 1.12 bits per heavy atom. The van der Waals surface area contributed by atoms with Crippen LogP contribution in [0, 0.1) is 23.7 Å². The van der Waals surface area contributed by atoms with Gasteiger partial charge in [0, 0.05) is 6.04 Å². The molecule has 17 heavy (non-hydrogen) atoms. The van der Waals surface area contributed by atoms with Gasteiger partial charge in [0.05, 0.1) is 0 Å². The molecule has 1 heteroatoms. The van der Waals surface area contributed by atoms with Crippen molar-refractivity contribution in [3.05, 3.63) is 0 Å². The van der Waals surface area contributed by atoms with Crippen LogP contribution in [0.4, 0.5) is 0 Å². The SMILES string of the molecule is CCCC1CCC(CNC(C)C)C(C(C)C)C1. The molecule has 3 atom stereocenters. The number of hydrogen-bond donors (Lipinski definition) is 1. The van der Waals surface area contributed by atoms with E-state index in [9.17, 15) is 0 Å². The van der Waals surface area contributed by atoms with Crippen LogP contribution in [0.1, 0.15) is 66.7 Å². The Labute approximate surface area is 109 Å². The predicted molar refractivity (Wildman–Crippen MR) is 77.2 cm³/mol. The lowest BCUT2D eigenvalue weighted by Crippen LogP contribution is -2.37. The van der Waals surface area contributed by atoms with E-state index in [1.165, 1.54) is 38.6 Å². The zero-order valence-corrected chi connectivity index (χ0v) is 12.6. The van der Waals surface area contributed by atoms with E-state index in [2.05, 4.69) is 39.9 Å². The first-order valence-electron chi connectivity index (χ1n) is 7.77. The van der Waals surface area contributed by atoms with Gasteiger partial charge in [0.15, 0.2) is 0 Å². The van der Waals surface area contributed by atoms with E-state index in [1.807, 2.05) is 0 Å². The molecule has 1 aliphatic carbocycles. The van der Waals surface area contributed by atoms with Crippen molar-refractivity contribution in [3.8, 4) is 0 Å². The Morgan fingerprint density at radius 3 is 2.35 bits per heavy atom. The minimum Gasteiger partial charge on any atom is -0.314 e. The lowest BCUT2D eigenvalue weighted by molar-refractivity contribution is 0.126. The fourth-order valence-corrected chi connectivity index (χ4v) is 3.49. The number of hydrogen-bond acceptors (Lipinski definition) is 1. The molecule has 0 aromatic heterocycles. The normalized spacial score (nSPS) is 30.2. The predicted octanol–water partition coefficient (Wildman–Crippen LogP) is 4.47. The van der Waals surface area contributed by atoms with Crippen LogP contribution in [0.15, 0.2) is 0 Å². The molecule has 1 saturated carbocycles. The molecule has 102 valence electrons. The van der Waals surface area contributed by atoms with Crippen molar-refractivity contribution in [2.75, 3.05) is 6.54 Å². The largest absolute Gasteiger partial charge is 0.314 e. The van der Waals surface area contributed by atoms with E-state index in [0.29, 0.717) is 6.04 Å². The fraction of sp³-hybridized carbons (Fsp3) is 1.00. The molecule has 1 rings (SSSR count). The van der Waals surface area contributed by atoms with Crippen LogP contribution < -0.4 is 5.32 Å². The third kappa shape index (κ3) is 4.99. The van der Waals surface area contributed by atoms with Crippen LogP contribution in [0.5, 0.6) is 0 Å². The average Bonchev–Trinajstić information content (AvgIpc) is 2.27. The summed E-state index contributed by atoms with van der Waals surface area (Å²) in [5, 5.41) is 3.65. The first-order chi connectivity index (χ1) is 8.04. The summed E-state index contributed by atoms with van der Waals surface area (Å²) < 4.78 is 0. The summed E-state index contributed by atoms with van der Waals surface area (Å²) in [5.74, 6) is 3.74. The molecule has 1 fully saturated rings. The molecule has 0 heterocycles. The molecule has 0 bridgehead atoms. The van der Waals surface area contributed by atoms with Crippen LogP contribution in [0.3, 0.4) is 0 Å². The Balaban J connectivity index is 2.47. The molecular weight excluding hydrogens is 206 g/mol. The zero-order valence-electron chi connectivity index (χ0n) is 12.6. The summed E-state index contributed by atoms with van der Waals surface area (Å²) >= 11 is 0. The molecular formula is C16H33N. The monoisotopic (exact) mass is 239 g/mol. The van der Waals surface area contributed by atoms with Gasteiger partial charge in [-0.15, -0.1) is 0 Å². The maximum Gasteiger partial charge on any atom is 0.00104 e. The quantitative estimate of drug-likeness (QED) is 0.721. The van der Waals surface area contributed by atoms with E-state index >= 15 is 0 Å². The van der Waals surface area contributed by atoms with E-state index in [1.54, 1.807) is 0 Å². The van der Waals surface area contributed by atoms with Gasteiger partial charge in [-0.25, -0.2) is 0 Å². The highest BCUT2D eigenvalue weighted by Crippen LogP contribution is 2.39. The molecule has 0 aromatic carbocycles. The van der Waals surface area contributed by atoms with Gasteiger partial charge >= 0.3 is 0 Å². The van der Waals surface area contributed by atoms with Crippen molar-refractivity contribution in [2.45, 2.75) is 72.8 Å². The van der Waals surface area contributed by atoms with Crippen molar-refractivity contribution < 1.29 is 0 Å². The Bertz CT molecular complexity index is 198. The van der Waals surface area contributed by atoms with Crippen LogP contribution in [-0.2, 0) is 0 Å². The molecule has 3 unspecified atom stereocenters. The lowest BCUT2D eigenvalue weighted by atomic mass is 9.68. The highest BCUT2D eigenvalue weighted by molar-refractivity contribution is 4.83. The summed E-state index contributed by atoms with van der Waals surface area (Å²) in [4.78, 5) is 0. The fourth-order valence-electron chi connectivity index (χ4n) is 3.49. The van der Waals surface area contributed by atoms with Gasteiger partial charge in [-0.2, -0.15) is 0 Å². The van der Waals surface area contributed by atoms with Gasteiger partial charge < -0.3 is 5.32 Å². The van der Waals surface area contributed by atoms with Crippen molar-refractivity contribution >= 4 is 0 Å². The molecule has 1 aliphatic rings. The van der Waals surface area contributed by atoms with E-state index in [0.717, 1.165) is 23.7 Å². The van der Waals surface area contributed by atoms with Crippen molar-refractivity contribution in [1.29, 1.82) is 0 Å².